The zero-order valence-corrected chi connectivity index (χ0v) is 7.33. The maximum Gasteiger partial charge on any atom is 0.340 e. The van der Waals surface area contributed by atoms with E-state index in [1.807, 2.05) is 0 Å². The van der Waals surface area contributed by atoms with Gasteiger partial charge in [-0.2, -0.15) is 5.10 Å². The molecule has 0 aromatic carbocycles. The Kier molecular flexibility index (Phi) is 2.53. The van der Waals surface area contributed by atoms with Crippen molar-refractivity contribution in [3.8, 4) is 0 Å². The molecule has 0 atom stereocenters. The number of aromatic nitrogens is 2. The van der Waals surface area contributed by atoms with Gasteiger partial charge in [0.05, 0.1) is 18.9 Å². The van der Waals surface area contributed by atoms with E-state index in [-0.39, 0.29) is 0 Å². The summed E-state index contributed by atoms with van der Waals surface area (Å²) in [5.41, 5.74) is 0.377. The molecule has 0 aliphatic heterocycles. The molecule has 0 unspecified atom stereocenters. The third-order valence-electron chi connectivity index (χ3n) is 1.08. The first kappa shape index (κ1) is 8.13. The van der Waals surface area contributed by atoms with Crippen LogP contribution in [0.5, 0.6) is 0 Å². The van der Waals surface area contributed by atoms with Gasteiger partial charge in [0.1, 0.15) is 4.60 Å². The molecular formula is C6H5BrN2O2. The number of halogens is 1. The number of rotatable bonds is 1. The second-order valence-corrected chi connectivity index (χ2v) is 2.48. The molecule has 4 nitrogen and oxygen atoms in total. The molecule has 0 N–H and O–H groups in total. The lowest BCUT2D eigenvalue weighted by atomic mass is 10.3. The topological polar surface area (TPSA) is 52.1 Å². The SMILES string of the molecule is COC(=O)c1ccnnc1Br. The van der Waals surface area contributed by atoms with Crippen molar-refractivity contribution >= 4 is 21.9 Å². The molecule has 0 spiro atoms. The summed E-state index contributed by atoms with van der Waals surface area (Å²) in [5.74, 6) is -0.424. The molecule has 11 heavy (non-hydrogen) atoms. The van der Waals surface area contributed by atoms with Crippen molar-refractivity contribution < 1.29 is 9.53 Å². The van der Waals surface area contributed by atoms with Crippen LogP contribution in [0.4, 0.5) is 0 Å². The maximum absolute atomic E-state index is 10.9. The van der Waals surface area contributed by atoms with Crippen LogP contribution in [-0.4, -0.2) is 23.3 Å². The minimum atomic E-state index is -0.424. The molecule has 0 bridgehead atoms. The van der Waals surface area contributed by atoms with Crippen LogP contribution in [0.15, 0.2) is 16.9 Å². The van der Waals surface area contributed by atoms with Crippen LogP contribution in [0.3, 0.4) is 0 Å². The van der Waals surface area contributed by atoms with Crippen molar-refractivity contribution in [2.24, 2.45) is 0 Å². The van der Waals surface area contributed by atoms with Gasteiger partial charge in [0.15, 0.2) is 0 Å². The molecular weight excluding hydrogens is 212 g/mol. The van der Waals surface area contributed by atoms with Crippen molar-refractivity contribution in [3.05, 3.63) is 22.4 Å². The lowest BCUT2D eigenvalue weighted by Crippen LogP contribution is -2.03. The molecule has 0 aliphatic carbocycles. The fraction of sp³-hybridized carbons (Fsp3) is 0.167. The van der Waals surface area contributed by atoms with Gasteiger partial charge in [-0.15, -0.1) is 5.10 Å². The Morgan fingerprint density at radius 3 is 3.00 bits per heavy atom. The zero-order chi connectivity index (χ0) is 8.27. The van der Waals surface area contributed by atoms with Crippen molar-refractivity contribution in [2.45, 2.75) is 0 Å². The summed E-state index contributed by atoms with van der Waals surface area (Å²) in [6.07, 6.45) is 1.43. The molecule has 1 aromatic rings. The second kappa shape index (κ2) is 3.43. The Morgan fingerprint density at radius 1 is 1.73 bits per heavy atom. The van der Waals surface area contributed by atoms with Gasteiger partial charge in [0.2, 0.25) is 0 Å². The van der Waals surface area contributed by atoms with E-state index in [9.17, 15) is 4.79 Å². The first-order chi connectivity index (χ1) is 5.25. The van der Waals surface area contributed by atoms with E-state index in [0.717, 1.165) is 0 Å². The molecule has 58 valence electrons. The van der Waals surface area contributed by atoms with E-state index >= 15 is 0 Å². The fourth-order valence-corrected chi connectivity index (χ4v) is 0.962. The van der Waals surface area contributed by atoms with Crippen LogP contribution < -0.4 is 0 Å². The van der Waals surface area contributed by atoms with Gasteiger partial charge in [-0.1, -0.05) is 0 Å². The quantitative estimate of drug-likeness (QED) is 0.659. The maximum atomic E-state index is 10.9. The minimum Gasteiger partial charge on any atom is -0.465 e. The second-order valence-electron chi connectivity index (χ2n) is 1.73. The van der Waals surface area contributed by atoms with Crippen LogP contribution in [0, 0.1) is 0 Å². The molecule has 0 fully saturated rings. The highest BCUT2D eigenvalue weighted by Crippen LogP contribution is 2.11. The van der Waals surface area contributed by atoms with Crippen molar-refractivity contribution in [1.82, 2.24) is 10.2 Å². The predicted molar refractivity (Wildman–Crippen MR) is 41.1 cm³/mol. The molecule has 1 heterocycles. The summed E-state index contributed by atoms with van der Waals surface area (Å²) in [6, 6.07) is 1.53. The van der Waals surface area contributed by atoms with Gasteiger partial charge in [0.25, 0.3) is 0 Å². The standard InChI is InChI=1S/C6H5BrN2O2/c1-11-6(10)4-2-3-8-9-5(4)7/h2-3H,1H3. The summed E-state index contributed by atoms with van der Waals surface area (Å²) >= 11 is 3.06. The third kappa shape index (κ3) is 1.74. The number of esters is 1. The van der Waals surface area contributed by atoms with E-state index in [4.69, 9.17) is 0 Å². The molecule has 0 aliphatic rings. The average molecular weight is 217 g/mol. The summed E-state index contributed by atoms with van der Waals surface area (Å²) in [6.45, 7) is 0. The van der Waals surface area contributed by atoms with Crippen LogP contribution in [0.25, 0.3) is 0 Å². The Labute approximate surface area is 71.7 Å². The lowest BCUT2D eigenvalue weighted by molar-refractivity contribution is 0.0599. The third-order valence-corrected chi connectivity index (χ3v) is 1.67. The van der Waals surface area contributed by atoms with Crippen molar-refractivity contribution in [3.63, 3.8) is 0 Å². The Morgan fingerprint density at radius 2 is 2.45 bits per heavy atom. The zero-order valence-electron chi connectivity index (χ0n) is 5.74. The van der Waals surface area contributed by atoms with Gasteiger partial charge in [-0.25, -0.2) is 4.79 Å². The molecule has 0 amide bonds. The highest BCUT2D eigenvalue weighted by molar-refractivity contribution is 9.10. The molecule has 0 saturated carbocycles. The predicted octanol–water partition coefficient (Wildman–Crippen LogP) is 1.03. The highest BCUT2D eigenvalue weighted by Gasteiger charge is 2.09. The number of methoxy groups -OCH3 is 1. The van der Waals surface area contributed by atoms with E-state index < -0.39 is 5.97 Å². The molecule has 1 rings (SSSR count). The van der Waals surface area contributed by atoms with Crippen LogP contribution >= 0.6 is 15.9 Å². The van der Waals surface area contributed by atoms with Gasteiger partial charge in [-0.3, -0.25) is 0 Å². The highest BCUT2D eigenvalue weighted by atomic mass is 79.9. The van der Waals surface area contributed by atoms with Gasteiger partial charge in [-0.05, 0) is 22.0 Å². The number of carbonyl (C=O) groups is 1. The summed E-state index contributed by atoms with van der Waals surface area (Å²) in [4.78, 5) is 10.9. The van der Waals surface area contributed by atoms with Crippen LogP contribution in [0.1, 0.15) is 10.4 Å². The summed E-state index contributed by atoms with van der Waals surface area (Å²) in [5, 5.41) is 7.17. The number of carbonyl (C=O) groups excluding carboxylic acids is 1. The van der Waals surface area contributed by atoms with Gasteiger partial charge >= 0.3 is 5.97 Å². The van der Waals surface area contributed by atoms with E-state index in [1.54, 1.807) is 0 Å². The largest absolute Gasteiger partial charge is 0.465 e. The average Bonchev–Trinajstić information content (AvgIpc) is 2.04. The Bertz CT molecular complexity index is 277. The number of nitrogens with zero attached hydrogens (tertiary/aromatic N) is 2. The number of hydrogen-bond acceptors (Lipinski definition) is 4. The Hall–Kier alpha value is -0.970. The minimum absolute atomic E-state index is 0.377. The van der Waals surface area contributed by atoms with Gasteiger partial charge < -0.3 is 4.74 Å². The monoisotopic (exact) mass is 216 g/mol. The normalized spacial score (nSPS) is 9.27. The first-order valence-corrected chi connectivity index (χ1v) is 3.60. The molecule has 0 saturated heterocycles. The van der Waals surface area contributed by atoms with Gasteiger partial charge in [0, 0.05) is 0 Å². The van der Waals surface area contributed by atoms with E-state index in [2.05, 4.69) is 30.9 Å². The summed E-state index contributed by atoms with van der Waals surface area (Å²) in [7, 11) is 1.31. The number of hydrogen-bond donors (Lipinski definition) is 0. The number of ether oxygens (including phenoxy) is 1. The van der Waals surface area contributed by atoms with E-state index in [1.165, 1.54) is 19.4 Å². The first-order valence-electron chi connectivity index (χ1n) is 2.81. The van der Waals surface area contributed by atoms with Crippen molar-refractivity contribution in [1.29, 1.82) is 0 Å². The molecule has 0 radical (unpaired) electrons. The van der Waals surface area contributed by atoms with Crippen LogP contribution in [0.2, 0.25) is 0 Å². The molecule has 5 heteroatoms. The molecule has 1 aromatic heterocycles. The summed E-state index contributed by atoms with van der Waals surface area (Å²) < 4.78 is 4.88. The van der Waals surface area contributed by atoms with Crippen molar-refractivity contribution in [2.75, 3.05) is 7.11 Å². The lowest BCUT2D eigenvalue weighted by Gasteiger charge is -1.97. The fourth-order valence-electron chi connectivity index (χ4n) is 0.577. The van der Waals surface area contributed by atoms with Crippen LogP contribution in [-0.2, 0) is 4.74 Å². The Balaban J connectivity index is 3.03. The van der Waals surface area contributed by atoms with E-state index in [0.29, 0.717) is 10.2 Å². The smallest absolute Gasteiger partial charge is 0.340 e.